The van der Waals surface area contributed by atoms with Crippen molar-refractivity contribution in [1.82, 2.24) is 0 Å². The highest BCUT2D eigenvalue weighted by atomic mass is 16.1. The summed E-state index contributed by atoms with van der Waals surface area (Å²) in [4.78, 5) is 11.1. The van der Waals surface area contributed by atoms with Gasteiger partial charge in [-0.05, 0) is 31.6 Å². The van der Waals surface area contributed by atoms with Crippen molar-refractivity contribution in [2.45, 2.75) is 41.0 Å². The molecule has 1 nitrogen and oxygen atoms in total. The van der Waals surface area contributed by atoms with E-state index in [0.29, 0.717) is 5.92 Å². The zero-order valence-corrected chi connectivity index (χ0v) is 10.5. The van der Waals surface area contributed by atoms with Crippen molar-refractivity contribution in [3.05, 3.63) is 23.8 Å². The van der Waals surface area contributed by atoms with E-state index in [1.807, 2.05) is 6.92 Å². The number of carbonyl (C=O) groups is 1. The second-order valence-electron chi connectivity index (χ2n) is 5.24. The van der Waals surface area contributed by atoms with Crippen LogP contribution in [0.25, 0.3) is 0 Å². The number of allylic oxidation sites excluding steroid dienone is 4. The Morgan fingerprint density at radius 1 is 1.60 bits per heavy atom. The summed E-state index contributed by atoms with van der Waals surface area (Å²) in [5, 5.41) is 0. The molecule has 1 rings (SSSR count). The summed E-state index contributed by atoms with van der Waals surface area (Å²) in [6, 6.07) is 0. The summed E-state index contributed by atoms with van der Waals surface area (Å²) in [6.07, 6.45) is 7.70. The Labute approximate surface area is 93.3 Å². The van der Waals surface area contributed by atoms with Crippen molar-refractivity contribution in [2.75, 3.05) is 0 Å². The average Bonchev–Trinajstić information content (AvgIpc) is 2.39. The van der Waals surface area contributed by atoms with E-state index in [1.54, 1.807) is 6.92 Å². The molecule has 0 bridgehead atoms. The van der Waals surface area contributed by atoms with E-state index in [4.69, 9.17) is 0 Å². The van der Waals surface area contributed by atoms with Gasteiger partial charge >= 0.3 is 0 Å². The molecule has 84 valence electrons. The summed E-state index contributed by atoms with van der Waals surface area (Å²) in [7, 11) is 0. The van der Waals surface area contributed by atoms with Crippen molar-refractivity contribution in [3.8, 4) is 0 Å². The highest BCUT2D eigenvalue weighted by Crippen LogP contribution is 2.43. The lowest BCUT2D eigenvalue weighted by molar-refractivity contribution is -0.118. The summed E-state index contributed by atoms with van der Waals surface area (Å²) in [5.74, 6) is 0.854. The van der Waals surface area contributed by atoms with Gasteiger partial charge in [0.15, 0.2) is 0 Å². The molecule has 1 heteroatoms. The number of hydrogen-bond acceptors (Lipinski definition) is 1. The fraction of sp³-hybridized carbons (Fsp3) is 0.643. The lowest BCUT2D eigenvalue weighted by Crippen LogP contribution is -2.18. The summed E-state index contributed by atoms with van der Waals surface area (Å²) < 4.78 is 0. The Bertz CT molecular complexity index is 307. The van der Waals surface area contributed by atoms with Crippen molar-refractivity contribution in [1.29, 1.82) is 0 Å². The van der Waals surface area contributed by atoms with Crippen LogP contribution in [0.1, 0.15) is 41.0 Å². The van der Waals surface area contributed by atoms with Gasteiger partial charge in [0.2, 0.25) is 0 Å². The van der Waals surface area contributed by atoms with Gasteiger partial charge in [-0.15, -0.1) is 0 Å². The molecule has 1 aliphatic rings. The van der Waals surface area contributed by atoms with E-state index in [9.17, 15) is 4.79 Å². The molecule has 15 heavy (non-hydrogen) atoms. The van der Waals surface area contributed by atoms with E-state index < -0.39 is 0 Å². The third kappa shape index (κ3) is 2.58. The summed E-state index contributed by atoms with van der Waals surface area (Å²) in [5.41, 5.74) is 1.72. The largest absolute Gasteiger partial charge is 0.299 e. The van der Waals surface area contributed by atoms with Gasteiger partial charge in [-0.25, -0.2) is 0 Å². The van der Waals surface area contributed by atoms with Gasteiger partial charge in [0.25, 0.3) is 0 Å². The first-order chi connectivity index (χ1) is 6.85. The van der Waals surface area contributed by atoms with Crippen molar-refractivity contribution in [2.24, 2.45) is 17.3 Å². The SMILES string of the molecule is CC(=O)C(C)/C=C/[C@H]1CC=C(C)C1(C)C. The number of ketones is 1. The van der Waals surface area contributed by atoms with Crippen LogP contribution in [0.15, 0.2) is 23.8 Å². The molecule has 0 fully saturated rings. The molecule has 0 aromatic heterocycles. The molecule has 0 aromatic rings. The molecule has 0 heterocycles. The minimum absolute atomic E-state index is 0.0571. The van der Waals surface area contributed by atoms with E-state index in [0.717, 1.165) is 6.42 Å². The number of Topliss-reactive ketones (excluding diaryl/α,β-unsaturated/α-hetero) is 1. The highest BCUT2D eigenvalue weighted by Gasteiger charge is 2.32. The molecule has 0 radical (unpaired) electrons. The molecular formula is C14H22O. The van der Waals surface area contributed by atoms with Crippen LogP contribution in [0.2, 0.25) is 0 Å². The maximum absolute atomic E-state index is 11.1. The van der Waals surface area contributed by atoms with Crippen LogP contribution in [-0.4, -0.2) is 5.78 Å². The lowest BCUT2D eigenvalue weighted by atomic mass is 9.77. The molecule has 0 aromatic carbocycles. The topological polar surface area (TPSA) is 17.1 Å². The van der Waals surface area contributed by atoms with Gasteiger partial charge in [0.05, 0.1) is 0 Å². The van der Waals surface area contributed by atoms with E-state index in [2.05, 4.69) is 39.0 Å². The maximum atomic E-state index is 11.1. The van der Waals surface area contributed by atoms with Crippen molar-refractivity contribution in [3.63, 3.8) is 0 Å². The molecule has 0 aliphatic heterocycles. The number of carbonyl (C=O) groups excluding carboxylic acids is 1. The molecule has 0 spiro atoms. The minimum atomic E-state index is 0.0571. The number of rotatable bonds is 3. The molecule has 2 atom stereocenters. The average molecular weight is 206 g/mol. The van der Waals surface area contributed by atoms with Crippen LogP contribution in [0, 0.1) is 17.3 Å². The minimum Gasteiger partial charge on any atom is -0.299 e. The standard InChI is InChI=1S/C14H22O/c1-10(12(3)15)6-8-13-9-7-11(2)14(13,4)5/h6-8,10,13H,9H2,1-5H3/b8-6+/t10?,13-/m0/s1. The first-order valence-corrected chi connectivity index (χ1v) is 5.71. The molecular weight excluding hydrogens is 184 g/mol. The van der Waals surface area contributed by atoms with Gasteiger partial charge in [-0.1, -0.05) is 44.6 Å². The van der Waals surface area contributed by atoms with Crippen LogP contribution in [0.4, 0.5) is 0 Å². The Morgan fingerprint density at radius 3 is 2.60 bits per heavy atom. The highest BCUT2D eigenvalue weighted by molar-refractivity contribution is 5.79. The third-order valence-corrected chi connectivity index (χ3v) is 3.89. The van der Waals surface area contributed by atoms with E-state index >= 15 is 0 Å². The van der Waals surface area contributed by atoms with E-state index in [1.165, 1.54) is 5.57 Å². The zero-order valence-electron chi connectivity index (χ0n) is 10.5. The molecule has 0 amide bonds. The van der Waals surface area contributed by atoms with Gasteiger partial charge in [0.1, 0.15) is 5.78 Å². The Hall–Kier alpha value is -0.850. The quantitative estimate of drug-likeness (QED) is 0.643. The Balaban J connectivity index is 2.66. The Morgan fingerprint density at radius 2 is 2.20 bits per heavy atom. The summed E-state index contributed by atoms with van der Waals surface area (Å²) in [6.45, 7) is 10.4. The van der Waals surface area contributed by atoms with Crippen LogP contribution >= 0.6 is 0 Å². The predicted molar refractivity (Wildman–Crippen MR) is 64.6 cm³/mol. The Kier molecular flexibility index (Phi) is 3.54. The fourth-order valence-corrected chi connectivity index (χ4v) is 1.91. The molecule has 0 saturated carbocycles. The normalized spacial score (nSPS) is 26.7. The first-order valence-electron chi connectivity index (χ1n) is 5.71. The van der Waals surface area contributed by atoms with Crippen LogP contribution in [-0.2, 0) is 4.79 Å². The molecule has 0 saturated heterocycles. The number of hydrogen-bond donors (Lipinski definition) is 0. The zero-order chi connectivity index (χ0) is 11.6. The monoisotopic (exact) mass is 206 g/mol. The molecule has 1 unspecified atom stereocenters. The van der Waals surface area contributed by atoms with Crippen LogP contribution < -0.4 is 0 Å². The predicted octanol–water partition coefficient (Wildman–Crippen LogP) is 3.76. The smallest absolute Gasteiger partial charge is 0.136 e. The van der Waals surface area contributed by atoms with Crippen molar-refractivity contribution >= 4 is 5.78 Å². The molecule has 1 aliphatic carbocycles. The van der Waals surface area contributed by atoms with Gasteiger partial charge in [-0.3, -0.25) is 4.79 Å². The van der Waals surface area contributed by atoms with Crippen LogP contribution in [0.3, 0.4) is 0 Å². The van der Waals surface area contributed by atoms with Gasteiger partial charge in [0, 0.05) is 5.92 Å². The second-order valence-corrected chi connectivity index (χ2v) is 5.24. The lowest BCUT2D eigenvalue weighted by Gasteiger charge is -2.27. The second kappa shape index (κ2) is 4.34. The third-order valence-electron chi connectivity index (χ3n) is 3.89. The van der Waals surface area contributed by atoms with E-state index in [-0.39, 0.29) is 17.1 Å². The first kappa shape index (κ1) is 12.2. The summed E-state index contributed by atoms with van der Waals surface area (Å²) >= 11 is 0. The van der Waals surface area contributed by atoms with Crippen LogP contribution in [0.5, 0.6) is 0 Å². The van der Waals surface area contributed by atoms with Gasteiger partial charge in [-0.2, -0.15) is 0 Å². The maximum Gasteiger partial charge on any atom is 0.136 e. The molecule has 0 N–H and O–H groups in total. The fourth-order valence-electron chi connectivity index (χ4n) is 1.91. The van der Waals surface area contributed by atoms with Crippen molar-refractivity contribution < 1.29 is 4.79 Å². The van der Waals surface area contributed by atoms with Gasteiger partial charge < -0.3 is 0 Å².